The van der Waals surface area contributed by atoms with Crippen molar-refractivity contribution in [3.8, 4) is 0 Å². The molecule has 1 saturated heterocycles. The van der Waals surface area contributed by atoms with E-state index in [0.29, 0.717) is 6.54 Å². The molecule has 0 radical (unpaired) electrons. The molecule has 1 amide bonds. The zero-order valence-electron chi connectivity index (χ0n) is 12.0. The highest BCUT2D eigenvalue weighted by Crippen LogP contribution is 2.27. The van der Waals surface area contributed by atoms with Gasteiger partial charge in [-0.1, -0.05) is 0 Å². The van der Waals surface area contributed by atoms with Crippen LogP contribution in [0, 0.1) is 10.7 Å². The molecular weight excluding hydrogens is 607 g/mol. The number of rotatable bonds is 3. The van der Waals surface area contributed by atoms with E-state index in [1.807, 2.05) is 0 Å². The lowest BCUT2D eigenvalue weighted by atomic mass is 10.0. The fourth-order valence-corrected chi connectivity index (χ4v) is 6.18. The highest BCUT2D eigenvalue weighted by atomic mass is 127. The maximum atomic E-state index is 12.4. The molecule has 1 aliphatic rings. The zero-order chi connectivity index (χ0) is 15.6. The van der Waals surface area contributed by atoms with Gasteiger partial charge in [0.05, 0.1) is 12.2 Å². The highest BCUT2D eigenvalue weighted by molar-refractivity contribution is 14.1. The van der Waals surface area contributed by atoms with Crippen molar-refractivity contribution in [1.82, 2.24) is 10.2 Å². The summed E-state index contributed by atoms with van der Waals surface area (Å²) < 4.78 is 3.34. The molecule has 1 aromatic carbocycles. The van der Waals surface area contributed by atoms with Crippen molar-refractivity contribution in [2.45, 2.75) is 19.4 Å². The van der Waals surface area contributed by atoms with Crippen LogP contribution in [0.25, 0.3) is 0 Å². The summed E-state index contributed by atoms with van der Waals surface area (Å²) in [4.78, 5) is 14.6. The number of hydrogen-bond donors (Lipinski definition) is 2. The average molecular weight is 625 g/mol. The van der Waals surface area contributed by atoms with Gasteiger partial charge in [-0.25, -0.2) is 0 Å². The lowest BCUT2D eigenvalue weighted by Gasteiger charge is -2.42. The minimum atomic E-state index is 0.0158. The van der Waals surface area contributed by atoms with Gasteiger partial charge in [-0.2, -0.15) is 0 Å². The third kappa shape index (κ3) is 4.88. The summed E-state index contributed by atoms with van der Waals surface area (Å²) in [5.74, 6) is 0.0574. The SMILES string of the molecule is CC1(C)CNCCN1CC(=O)Nc1c(I)cc(I)cc1I. The maximum Gasteiger partial charge on any atom is 0.238 e. The van der Waals surface area contributed by atoms with E-state index in [0.717, 1.165) is 32.5 Å². The summed E-state index contributed by atoms with van der Waals surface area (Å²) in [6, 6.07) is 4.15. The van der Waals surface area contributed by atoms with E-state index in [4.69, 9.17) is 0 Å². The monoisotopic (exact) mass is 625 g/mol. The molecule has 21 heavy (non-hydrogen) atoms. The Kier molecular flexibility index (Phi) is 6.55. The molecule has 0 bridgehead atoms. The molecular formula is C14H18I3N3O. The summed E-state index contributed by atoms with van der Waals surface area (Å²) in [5.41, 5.74) is 0.941. The molecule has 116 valence electrons. The Balaban J connectivity index is 2.05. The number of carbonyl (C=O) groups excluding carboxylic acids is 1. The Morgan fingerprint density at radius 1 is 1.33 bits per heavy atom. The zero-order valence-corrected chi connectivity index (χ0v) is 18.4. The lowest BCUT2D eigenvalue weighted by Crippen LogP contribution is -2.59. The molecule has 4 nitrogen and oxygen atoms in total. The first-order chi connectivity index (χ1) is 9.79. The van der Waals surface area contributed by atoms with Crippen molar-refractivity contribution in [3.63, 3.8) is 0 Å². The largest absolute Gasteiger partial charge is 0.323 e. The van der Waals surface area contributed by atoms with Gasteiger partial charge in [0.1, 0.15) is 0 Å². The van der Waals surface area contributed by atoms with Crippen LogP contribution < -0.4 is 10.6 Å². The van der Waals surface area contributed by atoms with Gasteiger partial charge in [-0.3, -0.25) is 9.69 Å². The second-order valence-corrected chi connectivity index (χ2v) is 9.27. The van der Waals surface area contributed by atoms with Crippen LogP contribution in [0.2, 0.25) is 0 Å². The van der Waals surface area contributed by atoms with Crippen LogP contribution in [-0.2, 0) is 4.79 Å². The highest BCUT2D eigenvalue weighted by Gasteiger charge is 2.30. The molecule has 2 rings (SSSR count). The summed E-state index contributed by atoms with van der Waals surface area (Å²) in [6.07, 6.45) is 0. The van der Waals surface area contributed by atoms with E-state index in [-0.39, 0.29) is 11.4 Å². The Bertz CT molecular complexity index is 525. The fraction of sp³-hybridized carbons (Fsp3) is 0.500. The van der Waals surface area contributed by atoms with Crippen LogP contribution in [0.15, 0.2) is 12.1 Å². The number of anilines is 1. The first-order valence-corrected chi connectivity index (χ1v) is 9.93. The first kappa shape index (κ1) is 18.1. The normalized spacial score (nSPS) is 18.5. The van der Waals surface area contributed by atoms with Gasteiger partial charge in [0.15, 0.2) is 0 Å². The van der Waals surface area contributed by atoms with Crippen LogP contribution in [-0.4, -0.2) is 42.5 Å². The third-order valence-corrected chi connectivity index (χ3v) is 5.90. The van der Waals surface area contributed by atoms with Crippen molar-refractivity contribution in [3.05, 3.63) is 22.8 Å². The number of carbonyl (C=O) groups is 1. The predicted octanol–water partition coefficient (Wildman–Crippen LogP) is 3.12. The van der Waals surface area contributed by atoms with E-state index in [1.165, 1.54) is 3.57 Å². The number of nitrogens with zero attached hydrogens (tertiary/aromatic N) is 1. The van der Waals surface area contributed by atoms with Gasteiger partial charge in [-0.15, -0.1) is 0 Å². The van der Waals surface area contributed by atoms with Crippen LogP contribution in [0.4, 0.5) is 5.69 Å². The van der Waals surface area contributed by atoms with E-state index in [2.05, 4.69) is 109 Å². The van der Waals surface area contributed by atoms with Gasteiger partial charge in [-0.05, 0) is 93.8 Å². The number of benzene rings is 1. The van der Waals surface area contributed by atoms with Crippen LogP contribution in [0.1, 0.15) is 13.8 Å². The van der Waals surface area contributed by atoms with Crippen LogP contribution in [0.3, 0.4) is 0 Å². The third-order valence-electron chi connectivity index (χ3n) is 3.58. The van der Waals surface area contributed by atoms with Gasteiger partial charge in [0.25, 0.3) is 0 Å². The van der Waals surface area contributed by atoms with Gasteiger partial charge < -0.3 is 10.6 Å². The van der Waals surface area contributed by atoms with E-state index in [9.17, 15) is 4.79 Å². The summed E-state index contributed by atoms with van der Waals surface area (Å²) in [7, 11) is 0. The smallest absolute Gasteiger partial charge is 0.238 e. The average Bonchev–Trinajstić information content (AvgIpc) is 2.36. The molecule has 1 fully saturated rings. The molecule has 0 unspecified atom stereocenters. The molecule has 0 spiro atoms. The maximum absolute atomic E-state index is 12.4. The molecule has 0 atom stereocenters. The second-order valence-electron chi connectivity index (χ2n) is 5.70. The lowest BCUT2D eigenvalue weighted by molar-refractivity contribution is -0.119. The molecule has 7 heteroatoms. The Labute approximate surface area is 166 Å². The van der Waals surface area contributed by atoms with Crippen molar-refractivity contribution < 1.29 is 4.79 Å². The molecule has 1 aromatic rings. The number of hydrogen-bond acceptors (Lipinski definition) is 3. The van der Waals surface area contributed by atoms with E-state index < -0.39 is 0 Å². The number of halogens is 3. The Hall–Kier alpha value is 0.800. The summed E-state index contributed by atoms with van der Waals surface area (Å²) in [5, 5.41) is 6.45. The Morgan fingerprint density at radius 3 is 2.52 bits per heavy atom. The van der Waals surface area contributed by atoms with Crippen molar-refractivity contribution in [2.24, 2.45) is 0 Å². The van der Waals surface area contributed by atoms with Crippen molar-refractivity contribution >= 4 is 79.4 Å². The number of amides is 1. The van der Waals surface area contributed by atoms with Crippen LogP contribution in [0.5, 0.6) is 0 Å². The van der Waals surface area contributed by atoms with Crippen molar-refractivity contribution in [1.29, 1.82) is 0 Å². The number of nitrogens with one attached hydrogen (secondary N) is 2. The van der Waals surface area contributed by atoms with Gasteiger partial charge in [0.2, 0.25) is 5.91 Å². The molecule has 1 heterocycles. The molecule has 1 aliphatic heterocycles. The standard InChI is InChI=1S/C14H18I3N3O/c1-14(2)8-18-3-4-20(14)7-12(21)19-13-10(16)5-9(15)6-11(13)17/h5-6,18H,3-4,7-8H2,1-2H3,(H,19,21). The number of piperazine rings is 1. The second kappa shape index (κ2) is 7.58. The topological polar surface area (TPSA) is 44.4 Å². The van der Waals surface area contributed by atoms with Gasteiger partial charge >= 0.3 is 0 Å². The van der Waals surface area contributed by atoms with Gasteiger partial charge in [0, 0.05) is 35.9 Å². The van der Waals surface area contributed by atoms with Crippen molar-refractivity contribution in [2.75, 3.05) is 31.5 Å². The summed E-state index contributed by atoms with van der Waals surface area (Å²) in [6.45, 7) is 7.54. The molecule has 0 aromatic heterocycles. The minimum Gasteiger partial charge on any atom is -0.323 e. The Morgan fingerprint density at radius 2 is 1.95 bits per heavy atom. The predicted molar refractivity (Wildman–Crippen MR) is 112 cm³/mol. The summed E-state index contributed by atoms with van der Waals surface area (Å²) >= 11 is 6.84. The quantitative estimate of drug-likeness (QED) is 0.509. The van der Waals surface area contributed by atoms with E-state index >= 15 is 0 Å². The fourth-order valence-electron chi connectivity index (χ4n) is 2.33. The molecule has 0 aliphatic carbocycles. The van der Waals surface area contributed by atoms with Crippen LogP contribution >= 0.6 is 67.8 Å². The van der Waals surface area contributed by atoms with E-state index in [1.54, 1.807) is 0 Å². The molecule has 2 N–H and O–H groups in total. The molecule has 0 saturated carbocycles. The minimum absolute atomic E-state index is 0.0158. The first-order valence-electron chi connectivity index (χ1n) is 6.70.